The molecule has 0 unspecified atom stereocenters. The van der Waals surface area contributed by atoms with Crippen molar-refractivity contribution < 1.29 is 4.42 Å². The van der Waals surface area contributed by atoms with Crippen molar-refractivity contribution >= 4 is 65.6 Å². The highest BCUT2D eigenvalue weighted by Crippen LogP contribution is 2.45. The van der Waals surface area contributed by atoms with Crippen molar-refractivity contribution in [3.8, 4) is 44.8 Å². The van der Waals surface area contributed by atoms with Crippen molar-refractivity contribution in [2.24, 2.45) is 0 Å². The van der Waals surface area contributed by atoms with E-state index in [1.807, 2.05) is 6.07 Å². The SMILES string of the molecule is c1ccc(-n2c3ccccc3c3cc(-c4ccc(-c5cc(-c6cccc7c6oc6ccccc67)c6c7ccccc7n(-c7ccccc7)c6c5)cc4)ccc32)cc1. The van der Waals surface area contributed by atoms with Gasteiger partial charge in [-0.1, -0.05) is 140 Å². The van der Waals surface area contributed by atoms with Gasteiger partial charge < -0.3 is 13.6 Å². The van der Waals surface area contributed by atoms with E-state index in [1.165, 1.54) is 54.9 Å². The lowest BCUT2D eigenvalue weighted by molar-refractivity contribution is 0.670. The molecule has 0 saturated heterocycles. The van der Waals surface area contributed by atoms with Crippen LogP contribution in [0.25, 0.3) is 110 Å². The second-order valence-electron chi connectivity index (χ2n) is 14.9. The Labute approximate surface area is 328 Å². The maximum absolute atomic E-state index is 6.68. The molecule has 0 bridgehead atoms. The van der Waals surface area contributed by atoms with Gasteiger partial charge in [0.15, 0.2) is 0 Å². The summed E-state index contributed by atoms with van der Waals surface area (Å²) in [7, 11) is 0. The predicted molar refractivity (Wildman–Crippen MR) is 239 cm³/mol. The number of hydrogen-bond acceptors (Lipinski definition) is 1. The summed E-state index contributed by atoms with van der Waals surface area (Å²) in [4.78, 5) is 0. The van der Waals surface area contributed by atoms with Gasteiger partial charge in [0, 0.05) is 49.3 Å². The lowest BCUT2D eigenvalue weighted by Gasteiger charge is -2.13. The van der Waals surface area contributed by atoms with E-state index in [1.54, 1.807) is 0 Å². The topological polar surface area (TPSA) is 23.0 Å². The van der Waals surface area contributed by atoms with Crippen LogP contribution in [-0.2, 0) is 0 Å². The van der Waals surface area contributed by atoms with Crippen LogP contribution in [0.5, 0.6) is 0 Å². The number of furan rings is 1. The zero-order valence-corrected chi connectivity index (χ0v) is 30.9. The average molecular weight is 727 g/mol. The second-order valence-corrected chi connectivity index (χ2v) is 14.9. The van der Waals surface area contributed by atoms with E-state index < -0.39 is 0 Å². The Bertz CT molecular complexity index is 3490. The second kappa shape index (κ2) is 12.5. The third-order valence-corrected chi connectivity index (χ3v) is 11.7. The maximum Gasteiger partial charge on any atom is 0.143 e. The molecular weight excluding hydrogens is 693 g/mol. The Morgan fingerprint density at radius 1 is 0.298 bits per heavy atom. The summed E-state index contributed by atoms with van der Waals surface area (Å²) in [6.07, 6.45) is 0. The molecule has 0 spiro atoms. The summed E-state index contributed by atoms with van der Waals surface area (Å²) < 4.78 is 11.5. The minimum atomic E-state index is 0.900. The van der Waals surface area contributed by atoms with Crippen molar-refractivity contribution in [3.05, 3.63) is 206 Å². The molecule has 0 saturated carbocycles. The molecule has 0 radical (unpaired) electrons. The number of para-hydroxylation sites is 6. The van der Waals surface area contributed by atoms with Gasteiger partial charge in [-0.2, -0.15) is 0 Å². The lowest BCUT2D eigenvalue weighted by Crippen LogP contribution is -1.94. The van der Waals surface area contributed by atoms with E-state index in [0.29, 0.717) is 0 Å². The van der Waals surface area contributed by atoms with E-state index in [4.69, 9.17) is 4.42 Å². The molecule has 0 aliphatic rings. The highest BCUT2D eigenvalue weighted by atomic mass is 16.3. The van der Waals surface area contributed by atoms with Gasteiger partial charge in [-0.05, 0) is 94.5 Å². The quantitative estimate of drug-likeness (QED) is 0.173. The molecule has 0 aliphatic carbocycles. The van der Waals surface area contributed by atoms with E-state index in [9.17, 15) is 0 Å². The minimum absolute atomic E-state index is 0.900. The Hall–Kier alpha value is -7.62. The summed E-state index contributed by atoms with van der Waals surface area (Å²) in [5.74, 6) is 0. The molecule has 0 amide bonds. The van der Waals surface area contributed by atoms with Crippen LogP contribution < -0.4 is 0 Å². The molecule has 0 N–H and O–H groups in total. The van der Waals surface area contributed by atoms with E-state index >= 15 is 0 Å². The standard InChI is InChI=1S/C54H34N2O/c1-3-14-39(15-4-1)55-48-23-10-7-18-41(48)46-32-37(30-31-50(46)55)35-26-28-36(29-27-35)38-33-47(44-22-13-21-43-42-19-9-12-25-52(42)57-54(43)44)53-45-20-8-11-24-49(45)56(51(53)34-38)40-16-5-2-6-17-40/h1-34H. The largest absolute Gasteiger partial charge is 0.455 e. The van der Waals surface area contributed by atoms with Crippen molar-refractivity contribution in [2.75, 3.05) is 0 Å². The van der Waals surface area contributed by atoms with Gasteiger partial charge in [0.2, 0.25) is 0 Å². The summed E-state index contributed by atoms with van der Waals surface area (Å²) >= 11 is 0. The third kappa shape index (κ3) is 4.86. The Balaban J connectivity index is 1.06. The maximum atomic E-state index is 6.68. The zero-order chi connectivity index (χ0) is 37.5. The highest BCUT2D eigenvalue weighted by Gasteiger charge is 2.21. The molecule has 0 aliphatic heterocycles. The van der Waals surface area contributed by atoms with Gasteiger partial charge in [0.25, 0.3) is 0 Å². The van der Waals surface area contributed by atoms with Gasteiger partial charge in [-0.25, -0.2) is 0 Å². The van der Waals surface area contributed by atoms with E-state index in [0.717, 1.165) is 55.4 Å². The van der Waals surface area contributed by atoms with Crippen LogP contribution in [-0.4, -0.2) is 9.13 Å². The minimum Gasteiger partial charge on any atom is -0.455 e. The van der Waals surface area contributed by atoms with Crippen LogP contribution in [0, 0.1) is 0 Å². The molecule has 57 heavy (non-hydrogen) atoms. The number of nitrogens with zero attached hydrogens (tertiary/aromatic N) is 2. The number of rotatable bonds is 5. The van der Waals surface area contributed by atoms with Crippen molar-refractivity contribution in [1.29, 1.82) is 0 Å². The summed E-state index contributed by atoms with van der Waals surface area (Å²) in [6.45, 7) is 0. The Kier molecular flexibility index (Phi) is 6.93. The van der Waals surface area contributed by atoms with Crippen molar-refractivity contribution in [2.45, 2.75) is 0 Å². The molecule has 266 valence electrons. The molecule has 3 aromatic heterocycles. The first-order valence-electron chi connectivity index (χ1n) is 19.5. The van der Waals surface area contributed by atoms with Gasteiger partial charge in [-0.15, -0.1) is 0 Å². The first kappa shape index (κ1) is 31.7. The lowest BCUT2D eigenvalue weighted by atomic mass is 9.92. The van der Waals surface area contributed by atoms with Gasteiger partial charge in [0.1, 0.15) is 11.2 Å². The van der Waals surface area contributed by atoms with Crippen LogP contribution in [0.4, 0.5) is 0 Å². The normalized spacial score (nSPS) is 11.9. The molecule has 12 aromatic rings. The summed E-state index contributed by atoms with van der Waals surface area (Å²) in [5, 5.41) is 7.19. The van der Waals surface area contributed by atoms with Gasteiger partial charge in [0.05, 0.1) is 22.1 Å². The number of aromatic nitrogens is 2. The van der Waals surface area contributed by atoms with E-state index in [2.05, 4.69) is 209 Å². The van der Waals surface area contributed by atoms with Crippen LogP contribution in [0.2, 0.25) is 0 Å². The van der Waals surface area contributed by atoms with Crippen LogP contribution in [0.1, 0.15) is 0 Å². The van der Waals surface area contributed by atoms with Gasteiger partial charge in [-0.3, -0.25) is 0 Å². The monoisotopic (exact) mass is 726 g/mol. The molecule has 3 heteroatoms. The highest BCUT2D eigenvalue weighted by molar-refractivity contribution is 6.20. The molecule has 0 fully saturated rings. The molecule has 3 heterocycles. The summed E-state index contributed by atoms with van der Waals surface area (Å²) in [6, 6.07) is 74.4. The van der Waals surface area contributed by atoms with Crippen molar-refractivity contribution in [3.63, 3.8) is 0 Å². The summed E-state index contributed by atoms with van der Waals surface area (Å²) in [5.41, 5.74) is 15.8. The fourth-order valence-corrected chi connectivity index (χ4v) is 9.15. The average Bonchev–Trinajstić information content (AvgIpc) is 3.94. The first-order chi connectivity index (χ1) is 28.3. The van der Waals surface area contributed by atoms with Crippen molar-refractivity contribution in [1.82, 2.24) is 9.13 Å². The fraction of sp³-hybridized carbons (Fsp3) is 0. The Morgan fingerprint density at radius 3 is 1.58 bits per heavy atom. The van der Waals surface area contributed by atoms with Crippen LogP contribution >= 0.6 is 0 Å². The fourth-order valence-electron chi connectivity index (χ4n) is 9.15. The molecule has 12 rings (SSSR count). The number of fused-ring (bicyclic) bond motifs is 9. The van der Waals surface area contributed by atoms with Gasteiger partial charge >= 0.3 is 0 Å². The smallest absolute Gasteiger partial charge is 0.143 e. The molecule has 3 nitrogen and oxygen atoms in total. The van der Waals surface area contributed by atoms with E-state index in [-0.39, 0.29) is 0 Å². The molecule has 0 atom stereocenters. The molecule has 9 aromatic carbocycles. The number of benzene rings is 9. The molecular formula is C54H34N2O. The number of hydrogen-bond donors (Lipinski definition) is 0. The van der Waals surface area contributed by atoms with Crippen LogP contribution in [0.15, 0.2) is 211 Å². The predicted octanol–water partition coefficient (Wildman–Crippen LogP) is 14.8. The Morgan fingerprint density at radius 2 is 0.842 bits per heavy atom. The van der Waals surface area contributed by atoms with Crippen LogP contribution in [0.3, 0.4) is 0 Å². The zero-order valence-electron chi connectivity index (χ0n) is 30.9. The first-order valence-corrected chi connectivity index (χ1v) is 19.5. The third-order valence-electron chi connectivity index (χ3n) is 11.7.